The highest BCUT2D eigenvalue weighted by molar-refractivity contribution is 5.84. The lowest BCUT2D eigenvalue weighted by molar-refractivity contribution is 0.0636. The lowest BCUT2D eigenvalue weighted by atomic mass is 10.1. The number of carbonyl (C=O) groups excluding carboxylic acids is 1. The fourth-order valence-electron chi connectivity index (χ4n) is 3.57. The van der Waals surface area contributed by atoms with Crippen molar-refractivity contribution in [2.24, 2.45) is 4.99 Å². The summed E-state index contributed by atoms with van der Waals surface area (Å²) >= 11 is 0. The van der Waals surface area contributed by atoms with Gasteiger partial charge in [0.1, 0.15) is 5.60 Å². The van der Waals surface area contributed by atoms with E-state index >= 15 is 0 Å². The summed E-state index contributed by atoms with van der Waals surface area (Å²) in [5, 5.41) is 9.58. The van der Waals surface area contributed by atoms with Crippen LogP contribution in [0.1, 0.15) is 39.2 Å². The summed E-state index contributed by atoms with van der Waals surface area (Å²) in [6, 6.07) is 8.33. The highest BCUT2D eigenvalue weighted by Gasteiger charge is 2.23. The summed E-state index contributed by atoms with van der Waals surface area (Å²) in [6.07, 6.45) is 2.86. The van der Waals surface area contributed by atoms with E-state index in [1.807, 2.05) is 45.0 Å². The molecule has 1 heterocycles. The average molecular weight is 434 g/mol. The second-order valence-corrected chi connectivity index (χ2v) is 8.78. The first-order valence-electron chi connectivity index (χ1n) is 11.1. The maximum absolute atomic E-state index is 11.8. The number of hydrogen-bond donors (Lipinski definition) is 3. The molecule has 1 aliphatic rings. The van der Waals surface area contributed by atoms with Crippen molar-refractivity contribution >= 4 is 17.7 Å². The van der Waals surface area contributed by atoms with E-state index in [4.69, 9.17) is 9.47 Å². The Bertz CT molecular complexity index is 700. The zero-order valence-electron chi connectivity index (χ0n) is 19.7. The third-order valence-electron chi connectivity index (χ3n) is 5.12. The smallest absolute Gasteiger partial charge is 0.412 e. The molecule has 1 aromatic carbocycles. The molecule has 0 spiro atoms. The number of nitrogens with zero attached hydrogens (tertiary/aromatic N) is 2. The summed E-state index contributed by atoms with van der Waals surface area (Å²) in [7, 11) is 3.55. The van der Waals surface area contributed by atoms with Crippen LogP contribution >= 0.6 is 0 Å². The fraction of sp³-hybridized carbons (Fsp3) is 0.652. The second kappa shape index (κ2) is 12.5. The molecule has 1 atom stereocenters. The molecule has 174 valence electrons. The molecule has 1 saturated heterocycles. The Morgan fingerprint density at radius 1 is 1.23 bits per heavy atom. The third-order valence-corrected chi connectivity index (χ3v) is 5.12. The third kappa shape index (κ3) is 9.57. The first-order chi connectivity index (χ1) is 14.8. The van der Waals surface area contributed by atoms with Gasteiger partial charge in [-0.05, 0) is 64.3 Å². The summed E-state index contributed by atoms with van der Waals surface area (Å²) in [5.41, 5.74) is 1.39. The molecule has 1 aliphatic heterocycles. The monoisotopic (exact) mass is 433 g/mol. The zero-order valence-corrected chi connectivity index (χ0v) is 19.7. The number of ether oxygens (including phenoxy) is 2. The van der Waals surface area contributed by atoms with Crippen LogP contribution in [0.15, 0.2) is 29.3 Å². The Kier molecular flexibility index (Phi) is 10.1. The minimum Gasteiger partial charge on any atom is -0.444 e. The first-order valence-corrected chi connectivity index (χ1v) is 11.1. The van der Waals surface area contributed by atoms with Crippen molar-refractivity contribution in [1.29, 1.82) is 0 Å². The van der Waals surface area contributed by atoms with E-state index in [0.29, 0.717) is 6.04 Å². The number of hydrogen-bond acceptors (Lipinski definition) is 5. The SMILES string of the molecule is CN=C(NCCc1ccc(NC(=O)OC(C)(C)C)cc1)NCC1CCCN1CCOC. The van der Waals surface area contributed by atoms with Crippen LogP contribution in [0.2, 0.25) is 0 Å². The van der Waals surface area contributed by atoms with E-state index in [0.717, 1.165) is 50.9 Å². The van der Waals surface area contributed by atoms with Gasteiger partial charge in [0.2, 0.25) is 0 Å². The molecule has 1 fully saturated rings. The van der Waals surface area contributed by atoms with Crippen molar-refractivity contribution in [2.45, 2.75) is 51.7 Å². The number of carbonyl (C=O) groups is 1. The highest BCUT2D eigenvalue weighted by atomic mass is 16.6. The summed E-state index contributed by atoms with van der Waals surface area (Å²) in [5.74, 6) is 0.821. The van der Waals surface area contributed by atoms with Crippen LogP contribution in [0, 0.1) is 0 Å². The summed E-state index contributed by atoms with van der Waals surface area (Å²) in [4.78, 5) is 18.7. The topological polar surface area (TPSA) is 87.2 Å². The Morgan fingerprint density at radius 3 is 2.61 bits per heavy atom. The van der Waals surface area contributed by atoms with Crippen molar-refractivity contribution in [1.82, 2.24) is 15.5 Å². The van der Waals surface area contributed by atoms with Crippen LogP contribution in [0.25, 0.3) is 0 Å². The van der Waals surface area contributed by atoms with Crippen molar-refractivity contribution in [3.8, 4) is 0 Å². The minimum atomic E-state index is -0.512. The number of methoxy groups -OCH3 is 1. The van der Waals surface area contributed by atoms with Gasteiger partial charge in [-0.2, -0.15) is 0 Å². The molecule has 0 radical (unpaired) electrons. The molecule has 1 amide bonds. The van der Waals surface area contributed by atoms with Gasteiger partial charge in [-0.25, -0.2) is 4.79 Å². The number of rotatable bonds is 9. The molecule has 31 heavy (non-hydrogen) atoms. The van der Waals surface area contributed by atoms with Crippen LogP contribution in [0.3, 0.4) is 0 Å². The van der Waals surface area contributed by atoms with E-state index in [9.17, 15) is 4.79 Å². The molecule has 8 nitrogen and oxygen atoms in total. The molecule has 1 unspecified atom stereocenters. The van der Waals surface area contributed by atoms with Gasteiger partial charge in [0.05, 0.1) is 6.61 Å². The lowest BCUT2D eigenvalue weighted by Gasteiger charge is -2.25. The van der Waals surface area contributed by atoms with E-state index in [2.05, 4.69) is 25.8 Å². The van der Waals surface area contributed by atoms with Crippen LogP contribution < -0.4 is 16.0 Å². The Hall–Kier alpha value is -2.32. The molecule has 0 aliphatic carbocycles. The van der Waals surface area contributed by atoms with E-state index < -0.39 is 11.7 Å². The second-order valence-electron chi connectivity index (χ2n) is 8.78. The summed E-state index contributed by atoms with van der Waals surface area (Å²) in [6.45, 7) is 10.1. The molecular formula is C23H39N5O3. The molecule has 0 aromatic heterocycles. The first kappa shape index (κ1) is 24.9. The van der Waals surface area contributed by atoms with Gasteiger partial charge >= 0.3 is 6.09 Å². The standard InChI is InChI=1S/C23H39N5O3/c1-23(2,3)31-22(29)27-19-10-8-18(9-11-19)12-13-25-21(24-4)26-17-20-7-6-14-28(20)15-16-30-5/h8-11,20H,6-7,12-17H2,1-5H3,(H,27,29)(H2,24,25,26). The quantitative estimate of drug-likeness (QED) is 0.410. The largest absolute Gasteiger partial charge is 0.444 e. The summed E-state index contributed by atoms with van der Waals surface area (Å²) < 4.78 is 10.5. The maximum atomic E-state index is 11.8. The highest BCUT2D eigenvalue weighted by Crippen LogP contribution is 2.16. The Morgan fingerprint density at radius 2 is 1.97 bits per heavy atom. The number of anilines is 1. The van der Waals surface area contributed by atoms with Gasteiger partial charge in [-0.3, -0.25) is 15.2 Å². The average Bonchev–Trinajstić information content (AvgIpc) is 3.16. The number of benzene rings is 1. The van der Waals surface area contributed by atoms with Crippen molar-refractivity contribution in [3.63, 3.8) is 0 Å². The normalized spacial score (nSPS) is 17.5. The van der Waals surface area contributed by atoms with Crippen LogP contribution in [0.4, 0.5) is 10.5 Å². The molecule has 1 aromatic rings. The van der Waals surface area contributed by atoms with Gasteiger partial charge in [-0.15, -0.1) is 0 Å². The maximum Gasteiger partial charge on any atom is 0.412 e. The van der Waals surface area contributed by atoms with Crippen molar-refractivity contribution in [2.75, 3.05) is 52.3 Å². The number of guanidine groups is 1. The minimum absolute atomic E-state index is 0.445. The Labute approximate surface area is 186 Å². The van der Waals surface area contributed by atoms with Crippen LogP contribution in [-0.4, -0.2) is 75.5 Å². The molecule has 0 bridgehead atoms. The number of amides is 1. The predicted octanol–water partition coefficient (Wildman–Crippen LogP) is 2.85. The van der Waals surface area contributed by atoms with E-state index in [1.165, 1.54) is 18.4 Å². The molecule has 0 saturated carbocycles. The molecule has 2 rings (SSSR count). The zero-order chi connectivity index (χ0) is 22.7. The van der Waals surface area contributed by atoms with Gasteiger partial charge in [0.15, 0.2) is 5.96 Å². The molecular weight excluding hydrogens is 394 g/mol. The van der Waals surface area contributed by atoms with Crippen LogP contribution in [0.5, 0.6) is 0 Å². The van der Waals surface area contributed by atoms with Crippen LogP contribution in [-0.2, 0) is 15.9 Å². The van der Waals surface area contributed by atoms with Gasteiger partial charge in [-0.1, -0.05) is 12.1 Å². The fourth-order valence-corrected chi connectivity index (χ4v) is 3.57. The van der Waals surface area contributed by atoms with Crippen molar-refractivity contribution < 1.29 is 14.3 Å². The number of aliphatic imine (C=N–C) groups is 1. The van der Waals surface area contributed by atoms with Gasteiger partial charge in [0.25, 0.3) is 0 Å². The Balaban J connectivity index is 1.70. The van der Waals surface area contributed by atoms with Gasteiger partial charge in [0, 0.05) is 45.5 Å². The van der Waals surface area contributed by atoms with E-state index in [1.54, 1.807) is 14.2 Å². The van der Waals surface area contributed by atoms with E-state index in [-0.39, 0.29) is 0 Å². The number of likely N-dealkylation sites (tertiary alicyclic amines) is 1. The molecule has 3 N–H and O–H groups in total. The predicted molar refractivity (Wildman–Crippen MR) is 126 cm³/mol. The van der Waals surface area contributed by atoms with Gasteiger partial charge < -0.3 is 20.1 Å². The lowest BCUT2D eigenvalue weighted by Crippen LogP contribution is -2.45. The van der Waals surface area contributed by atoms with Crippen molar-refractivity contribution in [3.05, 3.63) is 29.8 Å². The number of nitrogens with one attached hydrogen (secondary N) is 3. The molecule has 8 heteroatoms.